The standard InChI is InChI=1S/C21H30FN3O4/c1-21(2,3)29-20(27)23-16-7-6-13-10-18(25-9-8-14(12-25)28-5)15(22)11-17(13)24(4)19(16)26/h10-11,14,16H,6-9,12H2,1-5H3,(H,23,27)/t14-,16-/m0/s1. The van der Waals surface area contributed by atoms with Gasteiger partial charge in [0.1, 0.15) is 17.5 Å². The molecule has 7 nitrogen and oxygen atoms in total. The second kappa shape index (κ2) is 8.18. The molecule has 0 bridgehead atoms. The molecular formula is C21H30FN3O4. The van der Waals surface area contributed by atoms with Crippen molar-refractivity contribution < 1.29 is 23.5 Å². The molecule has 29 heavy (non-hydrogen) atoms. The maximum atomic E-state index is 14.9. The van der Waals surface area contributed by atoms with Gasteiger partial charge in [0.25, 0.3) is 0 Å². The van der Waals surface area contributed by atoms with Crippen molar-refractivity contribution in [3.63, 3.8) is 0 Å². The van der Waals surface area contributed by atoms with Gasteiger partial charge in [0.15, 0.2) is 0 Å². The fraction of sp³-hybridized carbons (Fsp3) is 0.619. The first kappa shape index (κ1) is 21.4. The minimum Gasteiger partial charge on any atom is -0.444 e. The molecule has 0 radical (unpaired) electrons. The molecule has 0 aromatic heterocycles. The van der Waals surface area contributed by atoms with Gasteiger partial charge in [-0.2, -0.15) is 0 Å². The van der Waals surface area contributed by atoms with Crippen LogP contribution in [0.15, 0.2) is 12.1 Å². The van der Waals surface area contributed by atoms with Gasteiger partial charge in [-0.25, -0.2) is 9.18 Å². The summed E-state index contributed by atoms with van der Waals surface area (Å²) < 4.78 is 25.5. The van der Waals surface area contributed by atoms with E-state index in [1.165, 1.54) is 11.0 Å². The van der Waals surface area contributed by atoms with Crippen LogP contribution >= 0.6 is 0 Å². The SMILES string of the molecule is CO[C@H]1CCN(c2cc3c(cc2F)N(C)C(=O)[C@@H](NC(=O)OC(C)(C)C)CC3)C1. The van der Waals surface area contributed by atoms with Crippen molar-refractivity contribution in [1.82, 2.24) is 5.32 Å². The smallest absolute Gasteiger partial charge is 0.408 e. The van der Waals surface area contributed by atoms with E-state index in [2.05, 4.69) is 5.32 Å². The number of benzene rings is 1. The molecule has 3 rings (SSSR count). The molecule has 2 heterocycles. The van der Waals surface area contributed by atoms with Crippen molar-refractivity contribution in [3.05, 3.63) is 23.5 Å². The molecule has 0 spiro atoms. The Hall–Kier alpha value is -2.35. The van der Waals surface area contributed by atoms with Crippen LogP contribution in [-0.4, -0.2) is 57.0 Å². The Bertz CT molecular complexity index is 793. The number of aryl methyl sites for hydroxylation is 1. The number of hydrogen-bond acceptors (Lipinski definition) is 5. The fourth-order valence-corrected chi connectivity index (χ4v) is 3.85. The van der Waals surface area contributed by atoms with E-state index in [1.807, 2.05) is 11.0 Å². The quantitative estimate of drug-likeness (QED) is 0.834. The van der Waals surface area contributed by atoms with Crippen molar-refractivity contribution in [2.75, 3.05) is 37.0 Å². The zero-order chi connectivity index (χ0) is 21.3. The summed E-state index contributed by atoms with van der Waals surface area (Å²) in [5.74, 6) is -0.652. The highest BCUT2D eigenvalue weighted by molar-refractivity contribution is 5.99. The van der Waals surface area contributed by atoms with E-state index < -0.39 is 17.7 Å². The Morgan fingerprint density at radius 1 is 1.24 bits per heavy atom. The summed E-state index contributed by atoms with van der Waals surface area (Å²) >= 11 is 0. The van der Waals surface area contributed by atoms with E-state index >= 15 is 0 Å². The van der Waals surface area contributed by atoms with Crippen LogP contribution in [0.4, 0.5) is 20.6 Å². The second-order valence-corrected chi connectivity index (χ2v) is 8.66. The molecule has 1 saturated heterocycles. The van der Waals surface area contributed by atoms with Gasteiger partial charge in [-0.15, -0.1) is 0 Å². The molecule has 1 fully saturated rings. The third-order valence-corrected chi connectivity index (χ3v) is 5.35. The number of hydrogen-bond donors (Lipinski definition) is 1. The molecule has 2 aliphatic heterocycles. The van der Waals surface area contributed by atoms with Gasteiger partial charge in [-0.1, -0.05) is 0 Å². The number of halogens is 1. The molecule has 1 aromatic carbocycles. The first-order valence-electron chi connectivity index (χ1n) is 9.96. The number of carbonyl (C=O) groups excluding carboxylic acids is 2. The minimum absolute atomic E-state index is 0.0971. The van der Waals surface area contributed by atoms with Crippen LogP contribution < -0.4 is 15.1 Å². The van der Waals surface area contributed by atoms with Crippen LogP contribution in [0.3, 0.4) is 0 Å². The Kier molecular flexibility index (Phi) is 6.03. The number of ether oxygens (including phenoxy) is 2. The van der Waals surface area contributed by atoms with E-state index in [0.717, 1.165) is 18.5 Å². The summed E-state index contributed by atoms with van der Waals surface area (Å²) in [6.45, 7) is 6.66. The van der Waals surface area contributed by atoms with Crippen molar-refractivity contribution >= 4 is 23.4 Å². The number of nitrogens with one attached hydrogen (secondary N) is 1. The molecular weight excluding hydrogens is 377 g/mol. The first-order chi connectivity index (χ1) is 13.6. The van der Waals surface area contributed by atoms with Crippen molar-refractivity contribution in [2.24, 2.45) is 0 Å². The van der Waals surface area contributed by atoms with E-state index in [9.17, 15) is 14.0 Å². The van der Waals surface area contributed by atoms with Crippen LogP contribution in [0, 0.1) is 5.82 Å². The van der Waals surface area contributed by atoms with Gasteiger partial charge in [-0.05, 0) is 51.7 Å². The largest absolute Gasteiger partial charge is 0.444 e. The lowest BCUT2D eigenvalue weighted by atomic mass is 10.0. The summed E-state index contributed by atoms with van der Waals surface area (Å²) in [5.41, 5.74) is 1.29. The predicted octanol–water partition coefficient (Wildman–Crippen LogP) is 2.85. The van der Waals surface area contributed by atoms with E-state index in [4.69, 9.17) is 9.47 Å². The molecule has 2 atom stereocenters. The molecule has 2 aliphatic rings. The number of rotatable bonds is 3. The monoisotopic (exact) mass is 407 g/mol. The second-order valence-electron chi connectivity index (χ2n) is 8.66. The zero-order valence-corrected chi connectivity index (χ0v) is 17.8. The molecule has 160 valence electrons. The lowest BCUT2D eigenvalue weighted by Crippen LogP contribution is -2.48. The first-order valence-corrected chi connectivity index (χ1v) is 9.96. The number of nitrogens with zero attached hydrogens (tertiary/aromatic N) is 2. The number of methoxy groups -OCH3 is 1. The Morgan fingerprint density at radius 2 is 1.97 bits per heavy atom. The summed E-state index contributed by atoms with van der Waals surface area (Å²) in [5, 5.41) is 2.66. The van der Waals surface area contributed by atoms with Gasteiger partial charge < -0.3 is 24.6 Å². The van der Waals surface area contributed by atoms with Crippen molar-refractivity contribution in [3.8, 4) is 0 Å². The van der Waals surface area contributed by atoms with E-state index in [-0.39, 0.29) is 17.8 Å². The van der Waals surface area contributed by atoms with E-state index in [0.29, 0.717) is 30.8 Å². The highest BCUT2D eigenvalue weighted by Gasteiger charge is 2.32. The van der Waals surface area contributed by atoms with Crippen LogP contribution in [0.25, 0.3) is 0 Å². The zero-order valence-electron chi connectivity index (χ0n) is 17.8. The average molecular weight is 407 g/mol. The van der Waals surface area contributed by atoms with E-state index in [1.54, 1.807) is 34.9 Å². The molecule has 1 N–H and O–H groups in total. The topological polar surface area (TPSA) is 71.1 Å². The highest BCUT2D eigenvalue weighted by atomic mass is 19.1. The summed E-state index contributed by atoms with van der Waals surface area (Å²) in [4.78, 5) is 28.4. The van der Waals surface area contributed by atoms with Crippen molar-refractivity contribution in [1.29, 1.82) is 0 Å². The number of anilines is 2. The molecule has 0 saturated carbocycles. The normalized spacial score (nSPS) is 22.3. The number of likely N-dealkylation sites (N-methyl/N-ethyl adjacent to an activating group) is 1. The summed E-state index contributed by atoms with van der Waals surface area (Å²) in [6.07, 6.45) is 1.28. The van der Waals surface area contributed by atoms with Crippen LogP contribution in [0.1, 0.15) is 39.2 Å². The Labute approximate surface area is 171 Å². The highest BCUT2D eigenvalue weighted by Crippen LogP contribution is 2.34. The van der Waals surface area contributed by atoms with Crippen LogP contribution in [-0.2, 0) is 20.7 Å². The molecule has 1 aromatic rings. The number of carbonyl (C=O) groups is 2. The predicted molar refractivity (Wildman–Crippen MR) is 109 cm³/mol. The third-order valence-electron chi connectivity index (χ3n) is 5.35. The Balaban J connectivity index is 1.79. The summed E-state index contributed by atoms with van der Waals surface area (Å²) in [6, 6.07) is 2.51. The molecule has 8 heteroatoms. The number of amides is 2. The third kappa shape index (κ3) is 4.80. The van der Waals surface area contributed by atoms with Crippen LogP contribution in [0.2, 0.25) is 0 Å². The lowest BCUT2D eigenvalue weighted by Gasteiger charge is -2.25. The number of fused-ring (bicyclic) bond motifs is 1. The van der Waals surface area contributed by atoms with Gasteiger partial charge in [0.2, 0.25) is 5.91 Å². The fourth-order valence-electron chi connectivity index (χ4n) is 3.85. The maximum Gasteiger partial charge on any atom is 0.408 e. The van der Waals surface area contributed by atoms with Crippen LogP contribution in [0.5, 0.6) is 0 Å². The summed E-state index contributed by atoms with van der Waals surface area (Å²) in [7, 11) is 3.27. The van der Waals surface area contributed by atoms with Gasteiger partial charge in [-0.3, -0.25) is 4.79 Å². The molecule has 0 aliphatic carbocycles. The van der Waals surface area contributed by atoms with Gasteiger partial charge >= 0.3 is 6.09 Å². The van der Waals surface area contributed by atoms with Gasteiger partial charge in [0.05, 0.1) is 11.8 Å². The molecule has 2 amide bonds. The molecule has 0 unspecified atom stereocenters. The average Bonchev–Trinajstić information content (AvgIpc) is 3.08. The maximum absolute atomic E-state index is 14.9. The van der Waals surface area contributed by atoms with Crippen molar-refractivity contribution in [2.45, 2.75) is 57.8 Å². The van der Waals surface area contributed by atoms with Gasteiger partial charge in [0, 0.05) is 39.0 Å². The minimum atomic E-state index is -0.724. The number of alkyl carbamates (subject to hydrolysis) is 1. The lowest BCUT2D eigenvalue weighted by molar-refractivity contribution is -0.120. The Morgan fingerprint density at radius 3 is 2.59 bits per heavy atom.